The number of likely N-dealkylation sites (N-methyl/N-ethyl adjacent to an activating group) is 1. The zero-order valence-electron chi connectivity index (χ0n) is 16.1. The van der Waals surface area contributed by atoms with Crippen LogP contribution >= 0.6 is 0 Å². The molecule has 0 aromatic heterocycles. The molecule has 1 heterocycles. The van der Waals surface area contributed by atoms with Gasteiger partial charge in [0.25, 0.3) is 5.91 Å². The highest BCUT2D eigenvalue weighted by molar-refractivity contribution is 6.22. The molecule has 1 aliphatic rings. The zero-order chi connectivity index (χ0) is 20.3. The third-order valence-electron chi connectivity index (χ3n) is 4.94. The molecule has 3 rings (SSSR count). The molecule has 0 bridgehead atoms. The number of methoxy groups -OCH3 is 2. The average molecular weight is 386 g/mol. The molecular weight excluding hydrogens is 363 g/mol. The number of hydrogen-bond acceptors (Lipinski definition) is 5. The first-order chi connectivity index (χ1) is 13.4. The Balaban J connectivity index is 1.66. The minimum atomic E-state index is -0.530. The van der Waals surface area contributed by atoms with Crippen LogP contribution in [0, 0.1) is 5.82 Å². The van der Waals surface area contributed by atoms with Gasteiger partial charge in [-0.1, -0.05) is 6.07 Å². The van der Waals surface area contributed by atoms with Gasteiger partial charge in [0.1, 0.15) is 5.82 Å². The maximum absolute atomic E-state index is 13.1. The number of carbonyl (C=O) groups excluding carboxylic acids is 2. The molecule has 2 amide bonds. The van der Waals surface area contributed by atoms with Gasteiger partial charge in [0.15, 0.2) is 11.5 Å². The number of hydrogen-bond donors (Lipinski definition) is 0. The molecule has 1 atom stereocenters. The van der Waals surface area contributed by atoms with Crippen LogP contribution < -0.4 is 14.4 Å². The third-order valence-corrected chi connectivity index (χ3v) is 4.94. The van der Waals surface area contributed by atoms with Crippen LogP contribution in [-0.2, 0) is 16.0 Å². The Labute approximate surface area is 163 Å². The molecule has 2 aromatic carbocycles. The van der Waals surface area contributed by atoms with Crippen molar-refractivity contribution in [3.63, 3.8) is 0 Å². The maximum Gasteiger partial charge on any atom is 0.251 e. The molecule has 0 N–H and O–H groups in total. The van der Waals surface area contributed by atoms with Crippen LogP contribution in [0.15, 0.2) is 42.5 Å². The third kappa shape index (κ3) is 3.99. The van der Waals surface area contributed by atoms with Crippen molar-refractivity contribution in [2.24, 2.45) is 0 Å². The van der Waals surface area contributed by atoms with Gasteiger partial charge in [-0.3, -0.25) is 14.5 Å². The van der Waals surface area contributed by atoms with Gasteiger partial charge in [-0.2, -0.15) is 0 Å². The number of imide groups is 1. The molecule has 1 fully saturated rings. The Hall–Kier alpha value is -2.93. The molecule has 0 spiro atoms. The molecular formula is C21H23FN2O4. The molecule has 6 nitrogen and oxygen atoms in total. The smallest absolute Gasteiger partial charge is 0.251 e. The highest BCUT2D eigenvalue weighted by Crippen LogP contribution is 2.28. The fraction of sp³-hybridized carbons (Fsp3) is 0.333. The first-order valence-corrected chi connectivity index (χ1v) is 8.98. The topological polar surface area (TPSA) is 59.1 Å². The Morgan fingerprint density at radius 3 is 2.39 bits per heavy atom. The Bertz CT molecular complexity index is 869. The van der Waals surface area contributed by atoms with Crippen LogP contribution in [0.4, 0.5) is 10.1 Å². The Morgan fingerprint density at radius 2 is 1.75 bits per heavy atom. The summed E-state index contributed by atoms with van der Waals surface area (Å²) in [6.07, 6.45) is 0.796. The van der Waals surface area contributed by atoms with E-state index in [-0.39, 0.29) is 18.2 Å². The lowest BCUT2D eigenvalue weighted by molar-refractivity contribution is -0.122. The van der Waals surface area contributed by atoms with E-state index in [0.717, 1.165) is 10.5 Å². The number of carbonyl (C=O) groups is 2. The normalized spacial score (nSPS) is 16.8. The predicted octanol–water partition coefficient (Wildman–Crippen LogP) is 2.65. The first kappa shape index (κ1) is 19.8. The molecule has 1 aliphatic heterocycles. The summed E-state index contributed by atoms with van der Waals surface area (Å²) in [6, 6.07) is 10.5. The van der Waals surface area contributed by atoms with Gasteiger partial charge < -0.3 is 9.47 Å². The van der Waals surface area contributed by atoms with Crippen molar-refractivity contribution in [3.8, 4) is 11.5 Å². The average Bonchev–Trinajstić information content (AvgIpc) is 3.00. The van der Waals surface area contributed by atoms with E-state index in [0.29, 0.717) is 30.2 Å². The molecule has 0 aliphatic carbocycles. The standard InChI is InChI=1S/C21H23FN2O4/c1-23(11-10-14-4-9-18(27-2)19(12-14)28-3)17-13-20(25)24(21(17)26)16-7-5-15(22)6-8-16/h4-9,12,17H,10-11,13H2,1-3H3/t17-/m0/s1. The summed E-state index contributed by atoms with van der Waals surface area (Å²) in [5, 5.41) is 0. The molecule has 28 heavy (non-hydrogen) atoms. The lowest BCUT2D eigenvalue weighted by atomic mass is 10.1. The zero-order valence-corrected chi connectivity index (χ0v) is 16.1. The molecule has 2 aromatic rings. The van der Waals surface area contributed by atoms with E-state index in [9.17, 15) is 14.0 Å². The fourth-order valence-electron chi connectivity index (χ4n) is 3.32. The maximum atomic E-state index is 13.1. The molecule has 0 radical (unpaired) electrons. The van der Waals surface area contributed by atoms with Crippen LogP contribution in [0.1, 0.15) is 12.0 Å². The van der Waals surface area contributed by atoms with Crippen molar-refractivity contribution in [3.05, 3.63) is 53.8 Å². The van der Waals surface area contributed by atoms with Gasteiger partial charge in [-0.05, 0) is 55.4 Å². The number of anilines is 1. The number of amides is 2. The number of benzene rings is 2. The minimum Gasteiger partial charge on any atom is -0.493 e. The molecule has 0 unspecified atom stereocenters. The van der Waals surface area contributed by atoms with Crippen LogP contribution in [0.2, 0.25) is 0 Å². The SMILES string of the molecule is COc1ccc(CCN(C)[C@H]2CC(=O)N(c3ccc(F)cc3)C2=O)cc1OC. The van der Waals surface area contributed by atoms with Crippen LogP contribution in [0.3, 0.4) is 0 Å². The van der Waals surface area contributed by atoms with E-state index < -0.39 is 11.9 Å². The Kier molecular flexibility index (Phi) is 5.94. The lowest BCUT2D eigenvalue weighted by Gasteiger charge is -2.23. The second-order valence-electron chi connectivity index (χ2n) is 6.68. The largest absolute Gasteiger partial charge is 0.493 e. The van der Waals surface area contributed by atoms with Gasteiger partial charge in [-0.25, -0.2) is 9.29 Å². The van der Waals surface area contributed by atoms with Crippen molar-refractivity contribution in [2.45, 2.75) is 18.9 Å². The predicted molar refractivity (Wildman–Crippen MR) is 103 cm³/mol. The van der Waals surface area contributed by atoms with Gasteiger partial charge in [0, 0.05) is 6.54 Å². The first-order valence-electron chi connectivity index (χ1n) is 8.98. The second kappa shape index (κ2) is 8.39. The molecule has 1 saturated heterocycles. The van der Waals surface area contributed by atoms with E-state index in [2.05, 4.69) is 0 Å². The summed E-state index contributed by atoms with van der Waals surface area (Å²) in [5.74, 6) is 0.334. The van der Waals surface area contributed by atoms with E-state index in [1.807, 2.05) is 30.1 Å². The van der Waals surface area contributed by atoms with Crippen molar-refractivity contribution in [1.82, 2.24) is 4.90 Å². The van der Waals surface area contributed by atoms with E-state index >= 15 is 0 Å². The minimum absolute atomic E-state index is 0.110. The summed E-state index contributed by atoms with van der Waals surface area (Å²) in [4.78, 5) is 28.2. The number of nitrogens with zero attached hydrogens (tertiary/aromatic N) is 2. The van der Waals surface area contributed by atoms with Crippen LogP contribution in [0.5, 0.6) is 11.5 Å². The van der Waals surface area contributed by atoms with E-state index in [4.69, 9.17) is 9.47 Å². The Morgan fingerprint density at radius 1 is 1.07 bits per heavy atom. The second-order valence-corrected chi connectivity index (χ2v) is 6.68. The fourth-order valence-corrected chi connectivity index (χ4v) is 3.32. The molecule has 0 saturated carbocycles. The van der Waals surface area contributed by atoms with E-state index in [1.165, 1.54) is 24.3 Å². The summed E-state index contributed by atoms with van der Waals surface area (Å²) in [5.41, 5.74) is 1.43. The lowest BCUT2D eigenvalue weighted by Crippen LogP contribution is -2.40. The van der Waals surface area contributed by atoms with Crippen molar-refractivity contribution < 1.29 is 23.5 Å². The molecule has 148 valence electrons. The van der Waals surface area contributed by atoms with Crippen molar-refractivity contribution in [2.75, 3.05) is 32.7 Å². The van der Waals surface area contributed by atoms with Gasteiger partial charge in [0.05, 0.1) is 32.4 Å². The number of halogens is 1. The van der Waals surface area contributed by atoms with E-state index in [1.54, 1.807) is 14.2 Å². The summed E-state index contributed by atoms with van der Waals surface area (Å²) < 4.78 is 23.7. The number of rotatable bonds is 7. The van der Waals surface area contributed by atoms with Gasteiger partial charge in [-0.15, -0.1) is 0 Å². The summed E-state index contributed by atoms with van der Waals surface area (Å²) in [6.45, 7) is 0.594. The van der Waals surface area contributed by atoms with Crippen molar-refractivity contribution >= 4 is 17.5 Å². The van der Waals surface area contributed by atoms with Crippen molar-refractivity contribution in [1.29, 1.82) is 0 Å². The van der Waals surface area contributed by atoms with Gasteiger partial charge in [0.2, 0.25) is 5.91 Å². The number of ether oxygens (including phenoxy) is 2. The quantitative estimate of drug-likeness (QED) is 0.685. The summed E-state index contributed by atoms with van der Waals surface area (Å²) >= 11 is 0. The highest BCUT2D eigenvalue weighted by Gasteiger charge is 2.41. The highest BCUT2D eigenvalue weighted by atomic mass is 19.1. The molecule has 7 heteroatoms. The van der Waals surface area contributed by atoms with Crippen LogP contribution in [0.25, 0.3) is 0 Å². The van der Waals surface area contributed by atoms with Crippen LogP contribution in [-0.4, -0.2) is 50.6 Å². The van der Waals surface area contributed by atoms with Gasteiger partial charge >= 0.3 is 0 Å². The monoisotopic (exact) mass is 386 g/mol. The summed E-state index contributed by atoms with van der Waals surface area (Å²) in [7, 11) is 4.99.